The summed E-state index contributed by atoms with van der Waals surface area (Å²) in [5.41, 5.74) is 0. The average Bonchev–Trinajstić information content (AvgIpc) is 2.69. The lowest BCUT2D eigenvalue weighted by Gasteiger charge is -2.32. The molecule has 0 radical (unpaired) electrons. The van der Waals surface area contributed by atoms with Crippen molar-refractivity contribution in [2.24, 2.45) is 0 Å². The highest BCUT2D eigenvalue weighted by Gasteiger charge is 2.23. The largest absolute Gasteiger partial charge is 0.481 e. The highest BCUT2D eigenvalue weighted by atomic mass is 35.5. The van der Waals surface area contributed by atoms with Gasteiger partial charge in [0, 0.05) is 18.5 Å². The summed E-state index contributed by atoms with van der Waals surface area (Å²) in [6.07, 6.45) is 7.53. The third kappa shape index (κ3) is 6.27. The van der Waals surface area contributed by atoms with E-state index >= 15 is 0 Å². The average molecular weight is 264 g/mol. The Morgan fingerprint density at radius 3 is 2.35 bits per heavy atom. The summed E-state index contributed by atoms with van der Waals surface area (Å²) in [7, 11) is 0. The molecule has 4 heteroatoms. The van der Waals surface area contributed by atoms with Crippen molar-refractivity contribution in [3.05, 3.63) is 0 Å². The Morgan fingerprint density at radius 2 is 1.88 bits per heavy atom. The number of aliphatic carboxylic acids is 1. The van der Waals surface area contributed by atoms with Crippen molar-refractivity contribution in [3.63, 3.8) is 0 Å². The zero-order chi connectivity index (χ0) is 12.0. The van der Waals surface area contributed by atoms with Crippen LogP contribution < -0.4 is 0 Å². The van der Waals surface area contributed by atoms with Gasteiger partial charge in [-0.1, -0.05) is 12.8 Å². The van der Waals surface area contributed by atoms with Crippen LogP contribution in [0.1, 0.15) is 58.8 Å². The van der Waals surface area contributed by atoms with Crippen molar-refractivity contribution in [1.29, 1.82) is 0 Å². The molecule has 0 aromatic carbocycles. The third-order valence-electron chi connectivity index (χ3n) is 3.51. The second-order valence-electron chi connectivity index (χ2n) is 5.12. The maximum atomic E-state index is 10.4. The normalized spacial score (nSPS) is 16.5. The molecule has 1 saturated carbocycles. The fourth-order valence-corrected chi connectivity index (χ4v) is 2.67. The molecule has 0 atom stereocenters. The standard InChI is InChI=1S/C13H25NO2.ClH/c1-11(2)14(12-7-3-4-8-12)10-6-5-9-13(15)16;/h11-12H,3-10H2,1-2H3,(H,15,16);1H. The molecule has 1 N–H and O–H groups in total. The van der Waals surface area contributed by atoms with Gasteiger partial charge in [0.15, 0.2) is 0 Å². The number of hydrogen-bond donors (Lipinski definition) is 1. The molecule has 1 aliphatic carbocycles. The summed E-state index contributed by atoms with van der Waals surface area (Å²) in [6.45, 7) is 5.56. The van der Waals surface area contributed by atoms with Gasteiger partial charge in [-0.2, -0.15) is 0 Å². The molecule has 0 spiro atoms. The Balaban J connectivity index is 0.00000256. The molecule has 0 unspecified atom stereocenters. The topological polar surface area (TPSA) is 40.5 Å². The number of hydrogen-bond acceptors (Lipinski definition) is 2. The Morgan fingerprint density at radius 1 is 1.29 bits per heavy atom. The first-order chi connectivity index (χ1) is 7.61. The summed E-state index contributed by atoms with van der Waals surface area (Å²) in [6, 6.07) is 1.35. The van der Waals surface area contributed by atoms with E-state index < -0.39 is 5.97 Å². The Kier molecular flexibility index (Phi) is 8.61. The van der Waals surface area contributed by atoms with E-state index in [4.69, 9.17) is 5.11 Å². The van der Waals surface area contributed by atoms with Crippen LogP contribution in [0.5, 0.6) is 0 Å². The summed E-state index contributed by atoms with van der Waals surface area (Å²) < 4.78 is 0. The van der Waals surface area contributed by atoms with Crippen LogP contribution in [0.4, 0.5) is 0 Å². The molecule has 3 nitrogen and oxygen atoms in total. The Bertz CT molecular complexity index is 215. The number of carboxylic acids is 1. The Labute approximate surface area is 111 Å². The minimum absolute atomic E-state index is 0. The van der Waals surface area contributed by atoms with Crippen LogP contribution >= 0.6 is 12.4 Å². The Hall–Kier alpha value is -0.280. The number of unbranched alkanes of at least 4 members (excludes halogenated alkanes) is 1. The number of carboxylic acid groups (broad SMARTS) is 1. The van der Waals surface area contributed by atoms with Crippen LogP contribution in [0.15, 0.2) is 0 Å². The van der Waals surface area contributed by atoms with Crippen LogP contribution in [0.3, 0.4) is 0 Å². The first kappa shape index (κ1) is 16.7. The highest BCUT2D eigenvalue weighted by molar-refractivity contribution is 5.85. The van der Waals surface area contributed by atoms with E-state index in [9.17, 15) is 4.79 Å². The van der Waals surface area contributed by atoms with Gasteiger partial charge in [0.25, 0.3) is 0 Å². The molecule has 0 saturated heterocycles. The second kappa shape index (κ2) is 8.76. The minimum atomic E-state index is -0.669. The first-order valence-electron chi connectivity index (χ1n) is 6.59. The molecule has 0 amide bonds. The van der Waals surface area contributed by atoms with Crippen LogP contribution in [0, 0.1) is 0 Å². The fraction of sp³-hybridized carbons (Fsp3) is 0.923. The molecule has 0 aromatic rings. The second-order valence-corrected chi connectivity index (χ2v) is 5.12. The molecular formula is C13H26ClNO2. The highest BCUT2D eigenvalue weighted by Crippen LogP contribution is 2.25. The number of halogens is 1. The van der Waals surface area contributed by atoms with E-state index in [0.717, 1.165) is 25.4 Å². The van der Waals surface area contributed by atoms with Gasteiger partial charge in [0.05, 0.1) is 0 Å². The molecule has 1 aliphatic rings. The minimum Gasteiger partial charge on any atom is -0.481 e. The fourth-order valence-electron chi connectivity index (χ4n) is 2.67. The van der Waals surface area contributed by atoms with Crippen LogP contribution in [0.25, 0.3) is 0 Å². The van der Waals surface area contributed by atoms with E-state index in [2.05, 4.69) is 18.7 Å². The van der Waals surface area contributed by atoms with E-state index in [-0.39, 0.29) is 12.4 Å². The van der Waals surface area contributed by atoms with Crippen LogP contribution in [-0.4, -0.2) is 34.6 Å². The molecule has 1 rings (SSSR count). The number of nitrogens with zero attached hydrogens (tertiary/aromatic N) is 1. The van der Waals surface area contributed by atoms with Gasteiger partial charge in [-0.25, -0.2) is 0 Å². The predicted octanol–water partition coefficient (Wildman–Crippen LogP) is 3.32. The van der Waals surface area contributed by atoms with Crippen molar-refractivity contribution in [1.82, 2.24) is 4.90 Å². The van der Waals surface area contributed by atoms with Crippen molar-refractivity contribution in [2.45, 2.75) is 70.9 Å². The van der Waals surface area contributed by atoms with E-state index in [1.165, 1.54) is 25.7 Å². The van der Waals surface area contributed by atoms with Crippen molar-refractivity contribution < 1.29 is 9.90 Å². The summed E-state index contributed by atoms with van der Waals surface area (Å²) in [5.74, 6) is -0.669. The number of carbonyl (C=O) groups is 1. The van der Waals surface area contributed by atoms with Gasteiger partial charge in [0.1, 0.15) is 0 Å². The monoisotopic (exact) mass is 263 g/mol. The lowest BCUT2D eigenvalue weighted by atomic mass is 10.1. The van der Waals surface area contributed by atoms with E-state index in [0.29, 0.717) is 12.5 Å². The van der Waals surface area contributed by atoms with Crippen molar-refractivity contribution in [3.8, 4) is 0 Å². The summed E-state index contributed by atoms with van der Waals surface area (Å²) in [5, 5.41) is 8.59. The molecule has 0 aromatic heterocycles. The lowest BCUT2D eigenvalue weighted by Crippen LogP contribution is -2.39. The van der Waals surface area contributed by atoms with E-state index in [1.807, 2.05) is 0 Å². The lowest BCUT2D eigenvalue weighted by molar-refractivity contribution is -0.137. The van der Waals surface area contributed by atoms with Crippen molar-refractivity contribution in [2.75, 3.05) is 6.54 Å². The zero-order valence-corrected chi connectivity index (χ0v) is 11.8. The van der Waals surface area contributed by atoms with Crippen LogP contribution in [-0.2, 0) is 4.79 Å². The molecule has 0 heterocycles. The summed E-state index contributed by atoms with van der Waals surface area (Å²) in [4.78, 5) is 13.0. The SMILES string of the molecule is CC(C)N(CCCCC(=O)O)C1CCCC1.Cl. The number of rotatable bonds is 7. The van der Waals surface area contributed by atoms with Crippen LogP contribution in [0.2, 0.25) is 0 Å². The zero-order valence-electron chi connectivity index (χ0n) is 11.0. The van der Waals surface area contributed by atoms with Gasteiger partial charge in [-0.15, -0.1) is 12.4 Å². The maximum Gasteiger partial charge on any atom is 0.303 e. The van der Waals surface area contributed by atoms with Gasteiger partial charge in [-0.05, 0) is 46.1 Å². The predicted molar refractivity (Wildman–Crippen MR) is 72.8 cm³/mol. The van der Waals surface area contributed by atoms with E-state index in [1.54, 1.807) is 0 Å². The molecule has 0 aliphatic heterocycles. The molecule has 0 bridgehead atoms. The third-order valence-corrected chi connectivity index (χ3v) is 3.51. The smallest absolute Gasteiger partial charge is 0.303 e. The molecule has 102 valence electrons. The molecule has 17 heavy (non-hydrogen) atoms. The maximum absolute atomic E-state index is 10.4. The van der Waals surface area contributed by atoms with Gasteiger partial charge in [0.2, 0.25) is 0 Å². The molecule has 1 fully saturated rings. The van der Waals surface area contributed by atoms with Crippen molar-refractivity contribution >= 4 is 18.4 Å². The summed E-state index contributed by atoms with van der Waals surface area (Å²) >= 11 is 0. The quantitative estimate of drug-likeness (QED) is 0.717. The first-order valence-corrected chi connectivity index (χ1v) is 6.59. The molecular weight excluding hydrogens is 238 g/mol. The van der Waals surface area contributed by atoms with Gasteiger partial charge in [-0.3, -0.25) is 9.69 Å². The van der Waals surface area contributed by atoms with Gasteiger partial charge < -0.3 is 5.11 Å². The van der Waals surface area contributed by atoms with Gasteiger partial charge >= 0.3 is 5.97 Å².